The van der Waals surface area contributed by atoms with Crippen molar-refractivity contribution in [2.75, 3.05) is 0 Å². The Morgan fingerprint density at radius 2 is 1.97 bits per heavy atom. The van der Waals surface area contributed by atoms with E-state index in [1.807, 2.05) is 23.8 Å². The number of carboxylic acid groups (broad SMARTS) is 1. The molecular weight excluding hydrogens is 413 g/mol. The van der Waals surface area contributed by atoms with E-state index < -0.39 is 11.4 Å². The Labute approximate surface area is 177 Å². The molecule has 2 aromatic heterocycles. The number of hydrogen-bond acceptors (Lipinski definition) is 3. The molecular formula is C21H19Cl2N3O3. The van der Waals surface area contributed by atoms with Crippen molar-refractivity contribution in [3.8, 4) is 11.3 Å². The van der Waals surface area contributed by atoms with Crippen molar-refractivity contribution in [2.45, 2.75) is 38.8 Å². The summed E-state index contributed by atoms with van der Waals surface area (Å²) in [6.07, 6.45) is 4.21. The molecule has 6 nitrogen and oxygen atoms in total. The third-order valence-corrected chi connectivity index (χ3v) is 5.84. The molecule has 1 fully saturated rings. The molecule has 2 heterocycles. The standard InChI is InChI=1S/C21H19Cl2N3O3/c1-2-26-14(11-25-8-7-17(24-25)12-3-4-12)10-18(27)19(21(28)29)20(26)13-5-6-15(22)16(23)9-13/h5-10,12H,2-4,11H2,1H3,(H,28,29). The predicted molar refractivity (Wildman–Crippen MR) is 112 cm³/mol. The Morgan fingerprint density at radius 3 is 2.59 bits per heavy atom. The van der Waals surface area contributed by atoms with Gasteiger partial charge in [-0.15, -0.1) is 0 Å². The number of aromatic carboxylic acids is 1. The molecule has 1 aromatic carbocycles. The number of nitrogens with zero attached hydrogens (tertiary/aromatic N) is 3. The van der Waals surface area contributed by atoms with Gasteiger partial charge in [-0.3, -0.25) is 9.48 Å². The normalized spacial score (nSPS) is 13.6. The molecule has 4 rings (SSSR count). The molecule has 0 bridgehead atoms. The molecule has 0 unspecified atom stereocenters. The van der Waals surface area contributed by atoms with Gasteiger partial charge in [0.05, 0.1) is 28.0 Å². The highest BCUT2D eigenvalue weighted by Crippen LogP contribution is 2.39. The lowest BCUT2D eigenvalue weighted by atomic mass is 10.0. The number of carboxylic acids is 1. The van der Waals surface area contributed by atoms with Crippen LogP contribution in [0.1, 0.15) is 47.4 Å². The lowest BCUT2D eigenvalue weighted by Gasteiger charge is -2.20. The minimum absolute atomic E-state index is 0.284. The van der Waals surface area contributed by atoms with Crippen LogP contribution in [-0.2, 0) is 13.1 Å². The first-order chi connectivity index (χ1) is 13.9. The second-order valence-corrected chi connectivity index (χ2v) is 7.93. The summed E-state index contributed by atoms with van der Waals surface area (Å²) in [7, 11) is 0. The average Bonchev–Trinajstić information content (AvgIpc) is 3.42. The van der Waals surface area contributed by atoms with Crippen LogP contribution < -0.4 is 5.43 Å². The van der Waals surface area contributed by atoms with E-state index in [2.05, 4.69) is 5.10 Å². The molecule has 150 valence electrons. The van der Waals surface area contributed by atoms with Crippen molar-refractivity contribution in [3.63, 3.8) is 0 Å². The van der Waals surface area contributed by atoms with Gasteiger partial charge in [-0.1, -0.05) is 29.3 Å². The fourth-order valence-corrected chi connectivity index (χ4v) is 3.87. The topological polar surface area (TPSA) is 77.1 Å². The second-order valence-electron chi connectivity index (χ2n) is 7.11. The van der Waals surface area contributed by atoms with Gasteiger partial charge in [-0.25, -0.2) is 4.79 Å². The highest BCUT2D eigenvalue weighted by atomic mass is 35.5. The summed E-state index contributed by atoms with van der Waals surface area (Å²) < 4.78 is 3.61. The maximum atomic E-state index is 12.7. The van der Waals surface area contributed by atoms with Gasteiger partial charge in [0, 0.05) is 36.0 Å². The van der Waals surface area contributed by atoms with Gasteiger partial charge in [0.25, 0.3) is 0 Å². The highest BCUT2D eigenvalue weighted by molar-refractivity contribution is 6.42. The first kappa shape index (κ1) is 19.7. The molecule has 0 spiro atoms. The quantitative estimate of drug-likeness (QED) is 0.615. The second kappa shape index (κ2) is 7.69. The number of aromatic nitrogens is 3. The molecule has 8 heteroatoms. The molecule has 0 radical (unpaired) electrons. The van der Waals surface area contributed by atoms with E-state index in [0.29, 0.717) is 46.0 Å². The van der Waals surface area contributed by atoms with Gasteiger partial charge in [-0.05, 0) is 38.0 Å². The summed E-state index contributed by atoms with van der Waals surface area (Å²) in [5, 5.41) is 15.0. The van der Waals surface area contributed by atoms with Gasteiger partial charge < -0.3 is 9.67 Å². The third kappa shape index (κ3) is 3.82. The Bertz CT molecular complexity index is 1160. The van der Waals surface area contributed by atoms with E-state index in [9.17, 15) is 14.7 Å². The van der Waals surface area contributed by atoms with Gasteiger partial charge in [-0.2, -0.15) is 5.10 Å². The van der Waals surface area contributed by atoms with Crippen LogP contribution in [0.25, 0.3) is 11.3 Å². The van der Waals surface area contributed by atoms with Gasteiger partial charge >= 0.3 is 5.97 Å². The fraction of sp³-hybridized carbons (Fsp3) is 0.286. The summed E-state index contributed by atoms with van der Waals surface area (Å²) in [5.74, 6) is -0.745. The molecule has 0 aliphatic heterocycles. The van der Waals surface area contributed by atoms with Crippen molar-refractivity contribution >= 4 is 29.2 Å². The van der Waals surface area contributed by atoms with Crippen molar-refractivity contribution in [2.24, 2.45) is 0 Å². The van der Waals surface area contributed by atoms with E-state index in [0.717, 1.165) is 18.5 Å². The SMILES string of the molecule is CCn1c(Cn2ccc(C3CC3)n2)cc(=O)c(C(=O)O)c1-c1ccc(Cl)c(Cl)c1. The van der Waals surface area contributed by atoms with Crippen LogP contribution in [0.3, 0.4) is 0 Å². The Kier molecular flexibility index (Phi) is 5.23. The molecule has 1 aliphatic carbocycles. The first-order valence-corrected chi connectivity index (χ1v) is 10.1. The maximum Gasteiger partial charge on any atom is 0.341 e. The highest BCUT2D eigenvalue weighted by Gasteiger charge is 2.26. The fourth-order valence-electron chi connectivity index (χ4n) is 3.57. The predicted octanol–water partition coefficient (Wildman–Crippen LogP) is 4.66. The maximum absolute atomic E-state index is 12.7. The molecule has 29 heavy (non-hydrogen) atoms. The van der Waals surface area contributed by atoms with Crippen LogP contribution in [0.4, 0.5) is 0 Å². The van der Waals surface area contributed by atoms with Crippen molar-refractivity contribution < 1.29 is 9.90 Å². The molecule has 1 saturated carbocycles. The minimum Gasteiger partial charge on any atom is -0.477 e. The number of pyridine rings is 1. The van der Waals surface area contributed by atoms with Crippen molar-refractivity contribution in [1.29, 1.82) is 0 Å². The smallest absolute Gasteiger partial charge is 0.341 e. The lowest BCUT2D eigenvalue weighted by Crippen LogP contribution is -2.24. The molecule has 1 aliphatic rings. The number of benzene rings is 1. The number of rotatable bonds is 6. The summed E-state index contributed by atoms with van der Waals surface area (Å²) in [6.45, 7) is 2.74. The number of carbonyl (C=O) groups is 1. The monoisotopic (exact) mass is 431 g/mol. The molecule has 0 atom stereocenters. The lowest BCUT2D eigenvalue weighted by molar-refractivity contribution is 0.0695. The zero-order valence-electron chi connectivity index (χ0n) is 15.7. The van der Waals surface area contributed by atoms with Crippen LogP contribution in [0, 0.1) is 0 Å². The summed E-state index contributed by atoms with van der Waals surface area (Å²) in [5.41, 5.74) is 1.74. The number of halogens is 2. The Morgan fingerprint density at radius 1 is 1.21 bits per heavy atom. The van der Waals surface area contributed by atoms with E-state index in [1.165, 1.54) is 6.07 Å². The molecule has 0 amide bonds. The van der Waals surface area contributed by atoms with Crippen LogP contribution in [0.2, 0.25) is 10.0 Å². The van der Waals surface area contributed by atoms with Crippen molar-refractivity contribution in [3.05, 3.63) is 73.7 Å². The molecule has 3 aromatic rings. The molecule has 0 saturated heterocycles. The Hall–Kier alpha value is -2.57. The number of hydrogen-bond donors (Lipinski definition) is 1. The Balaban J connectivity index is 1.87. The minimum atomic E-state index is -1.28. The summed E-state index contributed by atoms with van der Waals surface area (Å²) in [6, 6.07) is 8.23. The summed E-state index contributed by atoms with van der Waals surface area (Å²) in [4.78, 5) is 24.6. The largest absolute Gasteiger partial charge is 0.477 e. The average molecular weight is 432 g/mol. The van der Waals surface area contributed by atoms with Crippen LogP contribution in [0.15, 0.2) is 41.3 Å². The zero-order chi connectivity index (χ0) is 20.7. The van der Waals surface area contributed by atoms with Crippen LogP contribution in [-0.4, -0.2) is 25.4 Å². The van der Waals surface area contributed by atoms with E-state index in [-0.39, 0.29) is 5.56 Å². The van der Waals surface area contributed by atoms with Crippen LogP contribution >= 0.6 is 23.2 Å². The van der Waals surface area contributed by atoms with Gasteiger partial charge in [0.1, 0.15) is 5.56 Å². The first-order valence-electron chi connectivity index (χ1n) is 9.37. The van der Waals surface area contributed by atoms with E-state index in [4.69, 9.17) is 23.2 Å². The zero-order valence-corrected chi connectivity index (χ0v) is 17.2. The third-order valence-electron chi connectivity index (χ3n) is 5.10. The van der Waals surface area contributed by atoms with Gasteiger partial charge in [0.2, 0.25) is 0 Å². The molecule has 1 N–H and O–H groups in total. The van der Waals surface area contributed by atoms with Gasteiger partial charge in [0.15, 0.2) is 5.43 Å². The van der Waals surface area contributed by atoms with Crippen LogP contribution in [0.5, 0.6) is 0 Å². The van der Waals surface area contributed by atoms with E-state index >= 15 is 0 Å². The summed E-state index contributed by atoms with van der Waals surface area (Å²) >= 11 is 12.2. The van der Waals surface area contributed by atoms with Crippen molar-refractivity contribution in [1.82, 2.24) is 14.3 Å². The van der Waals surface area contributed by atoms with E-state index in [1.54, 1.807) is 22.9 Å².